The van der Waals surface area contributed by atoms with E-state index >= 15 is 0 Å². The zero-order valence-corrected chi connectivity index (χ0v) is 14.1. The predicted octanol–water partition coefficient (Wildman–Crippen LogP) is 6.16. The van der Waals surface area contributed by atoms with E-state index in [1.807, 2.05) is 37.3 Å². The molecule has 3 aromatic rings. The van der Waals surface area contributed by atoms with Crippen molar-refractivity contribution in [2.45, 2.75) is 19.8 Å². The van der Waals surface area contributed by atoms with Gasteiger partial charge >= 0.3 is 0 Å². The Hall–Kier alpha value is -2.61. The maximum atomic E-state index is 14.9. The van der Waals surface area contributed by atoms with E-state index in [1.54, 1.807) is 19.2 Å². The third-order valence-electron chi connectivity index (χ3n) is 4.26. The molecule has 0 aromatic heterocycles. The Labute approximate surface area is 142 Å². The minimum atomic E-state index is -0.184. The number of methoxy groups -OCH3 is 1. The Kier molecular flexibility index (Phi) is 4.95. The van der Waals surface area contributed by atoms with E-state index in [0.717, 1.165) is 29.5 Å². The van der Waals surface area contributed by atoms with Gasteiger partial charge in [0.1, 0.15) is 11.6 Å². The summed E-state index contributed by atoms with van der Waals surface area (Å²) in [7, 11) is 1.61. The molecular weight excluding hydrogens is 299 g/mol. The molecule has 0 saturated heterocycles. The molecule has 0 spiro atoms. The number of fused-ring (bicyclic) bond motifs is 1. The maximum absolute atomic E-state index is 14.9. The molecule has 0 heterocycles. The molecule has 0 radical (unpaired) electrons. The number of ether oxygens (including phenoxy) is 1. The average molecular weight is 320 g/mol. The van der Waals surface area contributed by atoms with Crippen molar-refractivity contribution < 1.29 is 9.13 Å². The first-order valence-corrected chi connectivity index (χ1v) is 8.19. The SMILES string of the molecule is C/C=C/CCc1ccc(-c2ccc3cc(OC)ccc3c2F)cc1. The molecule has 0 fully saturated rings. The molecular formula is C22H21FO. The van der Waals surface area contributed by atoms with Crippen molar-refractivity contribution in [2.24, 2.45) is 0 Å². The van der Waals surface area contributed by atoms with Crippen molar-refractivity contribution in [3.63, 3.8) is 0 Å². The molecule has 3 rings (SSSR count). The first-order chi connectivity index (χ1) is 11.7. The summed E-state index contributed by atoms with van der Waals surface area (Å²) in [6.45, 7) is 2.03. The van der Waals surface area contributed by atoms with Crippen LogP contribution in [0.3, 0.4) is 0 Å². The third kappa shape index (κ3) is 3.33. The van der Waals surface area contributed by atoms with E-state index in [9.17, 15) is 4.39 Å². The summed E-state index contributed by atoms with van der Waals surface area (Å²) >= 11 is 0. The first-order valence-electron chi connectivity index (χ1n) is 8.19. The largest absolute Gasteiger partial charge is 0.497 e. The lowest BCUT2D eigenvalue weighted by atomic mass is 9.98. The van der Waals surface area contributed by atoms with Crippen LogP contribution in [-0.4, -0.2) is 7.11 Å². The fourth-order valence-electron chi connectivity index (χ4n) is 2.89. The second kappa shape index (κ2) is 7.31. The molecule has 0 bridgehead atoms. The number of halogens is 1. The van der Waals surface area contributed by atoms with Gasteiger partial charge in [0.2, 0.25) is 0 Å². The van der Waals surface area contributed by atoms with Crippen molar-refractivity contribution in [3.05, 3.63) is 78.1 Å². The van der Waals surface area contributed by atoms with E-state index in [-0.39, 0.29) is 5.82 Å². The normalized spacial score (nSPS) is 11.3. The maximum Gasteiger partial charge on any atom is 0.138 e. The van der Waals surface area contributed by atoms with Crippen LogP contribution in [0.5, 0.6) is 5.75 Å². The molecule has 0 aliphatic carbocycles. The minimum absolute atomic E-state index is 0.184. The Morgan fingerprint density at radius 2 is 1.79 bits per heavy atom. The van der Waals surface area contributed by atoms with Crippen molar-refractivity contribution in [1.82, 2.24) is 0 Å². The summed E-state index contributed by atoms with van der Waals surface area (Å²) < 4.78 is 20.1. The van der Waals surface area contributed by atoms with Gasteiger partial charge in [-0.15, -0.1) is 0 Å². The van der Waals surface area contributed by atoms with Gasteiger partial charge < -0.3 is 4.74 Å². The Morgan fingerprint density at radius 1 is 1.00 bits per heavy atom. The minimum Gasteiger partial charge on any atom is -0.497 e. The second-order valence-electron chi connectivity index (χ2n) is 5.82. The van der Waals surface area contributed by atoms with E-state index in [4.69, 9.17) is 4.74 Å². The summed E-state index contributed by atoms with van der Waals surface area (Å²) in [4.78, 5) is 0. The molecule has 0 N–H and O–H groups in total. The Bertz CT molecular complexity index is 863. The summed E-state index contributed by atoms with van der Waals surface area (Å²) in [5.74, 6) is 0.553. The highest BCUT2D eigenvalue weighted by Crippen LogP contribution is 2.31. The van der Waals surface area contributed by atoms with Gasteiger partial charge in [-0.1, -0.05) is 48.6 Å². The number of hydrogen-bond acceptors (Lipinski definition) is 1. The van der Waals surface area contributed by atoms with Gasteiger partial charge in [-0.05, 0) is 54.5 Å². The number of hydrogen-bond donors (Lipinski definition) is 0. The molecule has 0 unspecified atom stereocenters. The molecule has 0 amide bonds. The van der Waals surface area contributed by atoms with Crippen LogP contribution >= 0.6 is 0 Å². The van der Waals surface area contributed by atoms with Crippen LogP contribution in [-0.2, 0) is 6.42 Å². The van der Waals surface area contributed by atoms with E-state index in [0.29, 0.717) is 10.9 Å². The smallest absolute Gasteiger partial charge is 0.138 e. The zero-order chi connectivity index (χ0) is 16.9. The van der Waals surface area contributed by atoms with Gasteiger partial charge in [-0.2, -0.15) is 0 Å². The van der Waals surface area contributed by atoms with E-state index < -0.39 is 0 Å². The lowest BCUT2D eigenvalue weighted by Gasteiger charge is -2.09. The highest BCUT2D eigenvalue weighted by Gasteiger charge is 2.10. The fraction of sp³-hybridized carbons (Fsp3) is 0.182. The quantitative estimate of drug-likeness (QED) is 0.511. The van der Waals surface area contributed by atoms with Crippen LogP contribution in [0.1, 0.15) is 18.9 Å². The van der Waals surface area contributed by atoms with Gasteiger partial charge in [0.15, 0.2) is 0 Å². The van der Waals surface area contributed by atoms with Crippen molar-refractivity contribution in [3.8, 4) is 16.9 Å². The molecule has 2 heteroatoms. The lowest BCUT2D eigenvalue weighted by Crippen LogP contribution is -1.90. The standard InChI is InChI=1S/C22H21FO/c1-3-4-5-6-16-7-9-17(10-8-16)20-13-11-18-15-19(24-2)12-14-21(18)22(20)23/h3-4,7-15H,5-6H2,1-2H3/b4-3+. The zero-order valence-electron chi connectivity index (χ0n) is 14.1. The van der Waals surface area contributed by atoms with Gasteiger partial charge in [-0.25, -0.2) is 4.39 Å². The van der Waals surface area contributed by atoms with Crippen molar-refractivity contribution in [2.75, 3.05) is 7.11 Å². The molecule has 0 aliphatic rings. The predicted molar refractivity (Wildman–Crippen MR) is 99.0 cm³/mol. The van der Waals surface area contributed by atoms with E-state index in [2.05, 4.69) is 24.3 Å². The Morgan fingerprint density at radius 3 is 2.50 bits per heavy atom. The first kappa shape index (κ1) is 16.3. The molecule has 0 aliphatic heterocycles. The second-order valence-corrected chi connectivity index (χ2v) is 5.82. The summed E-state index contributed by atoms with van der Waals surface area (Å²) in [5.41, 5.74) is 2.80. The van der Waals surface area contributed by atoms with Gasteiger partial charge in [0, 0.05) is 10.9 Å². The molecule has 122 valence electrons. The number of rotatable bonds is 5. The average Bonchev–Trinajstić information content (AvgIpc) is 2.63. The lowest BCUT2D eigenvalue weighted by molar-refractivity contribution is 0.415. The molecule has 0 atom stereocenters. The molecule has 1 nitrogen and oxygen atoms in total. The summed E-state index contributed by atoms with van der Waals surface area (Å²) in [6, 6.07) is 17.4. The van der Waals surface area contributed by atoms with Crippen LogP contribution in [0.4, 0.5) is 4.39 Å². The van der Waals surface area contributed by atoms with Crippen LogP contribution in [0, 0.1) is 5.82 Å². The third-order valence-corrected chi connectivity index (χ3v) is 4.26. The summed E-state index contributed by atoms with van der Waals surface area (Å²) in [6.07, 6.45) is 6.26. The molecule has 0 saturated carbocycles. The van der Waals surface area contributed by atoms with Crippen molar-refractivity contribution >= 4 is 10.8 Å². The van der Waals surface area contributed by atoms with Crippen LogP contribution in [0.15, 0.2) is 66.7 Å². The monoisotopic (exact) mass is 320 g/mol. The number of allylic oxidation sites excluding steroid dienone is 2. The highest BCUT2D eigenvalue weighted by molar-refractivity contribution is 5.89. The topological polar surface area (TPSA) is 9.23 Å². The van der Waals surface area contributed by atoms with Crippen LogP contribution in [0.25, 0.3) is 21.9 Å². The van der Waals surface area contributed by atoms with Crippen molar-refractivity contribution in [1.29, 1.82) is 0 Å². The fourth-order valence-corrected chi connectivity index (χ4v) is 2.89. The van der Waals surface area contributed by atoms with Gasteiger partial charge in [-0.3, -0.25) is 0 Å². The number of benzene rings is 3. The number of aryl methyl sites for hydroxylation is 1. The Balaban J connectivity index is 1.92. The molecule has 24 heavy (non-hydrogen) atoms. The summed E-state index contributed by atoms with van der Waals surface area (Å²) in [5, 5.41) is 1.46. The van der Waals surface area contributed by atoms with Crippen LogP contribution in [0.2, 0.25) is 0 Å². The highest BCUT2D eigenvalue weighted by atomic mass is 19.1. The van der Waals surface area contributed by atoms with Gasteiger partial charge in [0.05, 0.1) is 7.11 Å². The molecule has 3 aromatic carbocycles. The van der Waals surface area contributed by atoms with Crippen LogP contribution < -0.4 is 4.74 Å². The van der Waals surface area contributed by atoms with Gasteiger partial charge in [0.25, 0.3) is 0 Å². The van der Waals surface area contributed by atoms with E-state index in [1.165, 1.54) is 5.56 Å².